The topological polar surface area (TPSA) is 13.1 Å². The molecule has 0 unspecified atom stereocenters. The van der Waals surface area contributed by atoms with Gasteiger partial charge in [0.2, 0.25) is 0 Å². The highest BCUT2D eigenvalue weighted by Gasteiger charge is 2.23. The van der Waals surface area contributed by atoms with Crippen molar-refractivity contribution in [2.75, 3.05) is 0 Å². The van der Waals surface area contributed by atoms with Gasteiger partial charge in [-0.2, -0.15) is 0 Å². The third-order valence-electron chi connectivity index (χ3n) is 10.7. The predicted octanol–water partition coefficient (Wildman–Crippen LogP) is 7.17. The largest absolute Gasteiger partial charge is 0.455 e. The SMILES string of the molecule is [B]c1c([B])c([B])c(-c2c3ccccc3c(-c3cccc4oc5c(-c6cc7ccccc7c7ccccc67)cccc5c34)c3ccccc23)c([B])c1[B]. The van der Waals surface area contributed by atoms with Crippen molar-refractivity contribution in [2.45, 2.75) is 0 Å². The van der Waals surface area contributed by atoms with E-state index in [1.807, 2.05) is 12.1 Å². The van der Waals surface area contributed by atoms with Crippen molar-refractivity contribution < 1.29 is 4.42 Å². The van der Waals surface area contributed by atoms with E-state index in [2.05, 4.69) is 127 Å². The van der Waals surface area contributed by atoms with E-state index < -0.39 is 0 Å². The second-order valence-electron chi connectivity index (χ2n) is 13.4. The van der Waals surface area contributed by atoms with Crippen LogP contribution in [0, 0.1) is 0 Å². The number of hydrogen-bond acceptors (Lipinski definition) is 1. The molecule has 0 N–H and O–H groups in total. The van der Waals surface area contributed by atoms with E-state index in [1.54, 1.807) is 0 Å². The maximum absolute atomic E-state index is 6.87. The molecule has 1 aromatic heterocycles. The van der Waals surface area contributed by atoms with Gasteiger partial charge in [0.05, 0.1) is 0 Å². The van der Waals surface area contributed by atoms with E-state index >= 15 is 0 Å². The Labute approximate surface area is 307 Å². The minimum absolute atomic E-state index is 0.193. The van der Waals surface area contributed by atoms with Crippen LogP contribution in [0.3, 0.4) is 0 Å². The van der Waals surface area contributed by atoms with Crippen molar-refractivity contribution in [1.82, 2.24) is 0 Å². The maximum atomic E-state index is 6.87. The van der Waals surface area contributed by atoms with Gasteiger partial charge in [0.1, 0.15) is 50.4 Å². The molecule has 52 heavy (non-hydrogen) atoms. The smallest absolute Gasteiger partial charge is 0.143 e. The summed E-state index contributed by atoms with van der Waals surface area (Å²) < 4.78 is 6.87. The third kappa shape index (κ3) is 4.31. The summed E-state index contributed by atoms with van der Waals surface area (Å²) in [6.45, 7) is 0. The zero-order valence-corrected chi connectivity index (χ0v) is 28.1. The van der Waals surface area contributed by atoms with Crippen LogP contribution in [0.1, 0.15) is 0 Å². The van der Waals surface area contributed by atoms with Gasteiger partial charge >= 0.3 is 0 Å². The summed E-state index contributed by atoms with van der Waals surface area (Å²) in [5.41, 5.74) is 8.71. The molecule has 0 fully saturated rings. The molecule has 0 amide bonds. The van der Waals surface area contributed by atoms with Crippen LogP contribution in [-0.4, -0.2) is 39.2 Å². The van der Waals surface area contributed by atoms with E-state index in [4.69, 9.17) is 43.6 Å². The molecule has 1 heterocycles. The molecule has 0 atom stereocenters. The lowest BCUT2D eigenvalue weighted by molar-refractivity contribution is 0.670. The summed E-state index contributed by atoms with van der Waals surface area (Å²) in [5, 5.41) is 10.9. The number of furan rings is 1. The van der Waals surface area contributed by atoms with Gasteiger partial charge < -0.3 is 4.42 Å². The summed E-state index contributed by atoms with van der Waals surface area (Å²) in [7, 11) is 32.5. The Morgan fingerprint density at radius 1 is 0.327 bits per heavy atom. The molecule has 0 spiro atoms. The summed E-state index contributed by atoms with van der Waals surface area (Å²) in [4.78, 5) is 0. The first kappa shape index (κ1) is 30.9. The maximum Gasteiger partial charge on any atom is 0.143 e. The van der Waals surface area contributed by atoms with E-state index in [1.165, 1.54) is 21.5 Å². The molecule has 228 valence electrons. The zero-order valence-electron chi connectivity index (χ0n) is 28.1. The highest BCUT2D eigenvalue weighted by atomic mass is 16.3. The fourth-order valence-electron chi connectivity index (χ4n) is 8.35. The molecule has 10 aromatic rings. The average molecular weight is 646 g/mol. The Hall–Kier alpha value is -5.86. The first-order chi connectivity index (χ1) is 25.4. The lowest BCUT2D eigenvalue weighted by atomic mass is 9.59. The van der Waals surface area contributed by atoms with E-state index in [0.29, 0.717) is 16.5 Å². The molecule has 0 saturated carbocycles. The van der Waals surface area contributed by atoms with Crippen LogP contribution in [-0.2, 0) is 0 Å². The Morgan fingerprint density at radius 2 is 0.808 bits per heavy atom. The highest BCUT2D eigenvalue weighted by Crippen LogP contribution is 2.48. The quantitative estimate of drug-likeness (QED) is 0.113. The summed E-state index contributed by atoms with van der Waals surface area (Å²) in [5.74, 6) is 0. The average Bonchev–Trinajstić information content (AvgIpc) is 3.58. The first-order valence-corrected chi connectivity index (χ1v) is 17.2. The van der Waals surface area contributed by atoms with Crippen LogP contribution in [0.25, 0.3) is 98.4 Å². The predicted molar refractivity (Wildman–Crippen MR) is 227 cm³/mol. The van der Waals surface area contributed by atoms with Gasteiger partial charge in [-0.15, -0.1) is 16.4 Å². The Balaban J connectivity index is 1.31. The molecule has 10 rings (SSSR count). The zero-order chi connectivity index (χ0) is 35.2. The molecule has 6 heteroatoms. The van der Waals surface area contributed by atoms with Crippen molar-refractivity contribution >= 4 is 132 Å². The molecular formula is C46H23B5O. The Morgan fingerprint density at radius 3 is 1.46 bits per heavy atom. The molecular weight excluding hydrogens is 623 g/mol. The minimum Gasteiger partial charge on any atom is -0.455 e. The van der Waals surface area contributed by atoms with Gasteiger partial charge in [-0.1, -0.05) is 138 Å². The van der Waals surface area contributed by atoms with Crippen LogP contribution < -0.4 is 27.3 Å². The summed E-state index contributed by atoms with van der Waals surface area (Å²) >= 11 is 0. The number of para-hydroxylation sites is 1. The van der Waals surface area contributed by atoms with Crippen molar-refractivity contribution in [3.63, 3.8) is 0 Å². The van der Waals surface area contributed by atoms with Crippen LogP contribution >= 0.6 is 0 Å². The van der Waals surface area contributed by atoms with Crippen LogP contribution in [0.15, 0.2) is 144 Å². The van der Waals surface area contributed by atoms with Gasteiger partial charge in [-0.3, -0.25) is 0 Å². The first-order valence-electron chi connectivity index (χ1n) is 17.2. The second kappa shape index (κ2) is 11.6. The third-order valence-corrected chi connectivity index (χ3v) is 10.7. The van der Waals surface area contributed by atoms with Crippen molar-refractivity contribution in [3.8, 4) is 33.4 Å². The number of hydrogen-bond donors (Lipinski definition) is 0. The monoisotopic (exact) mass is 646 g/mol. The van der Waals surface area contributed by atoms with Crippen molar-refractivity contribution in [1.29, 1.82) is 0 Å². The molecule has 9 aromatic carbocycles. The van der Waals surface area contributed by atoms with Crippen molar-refractivity contribution in [3.05, 3.63) is 140 Å². The van der Waals surface area contributed by atoms with Crippen molar-refractivity contribution in [2.24, 2.45) is 0 Å². The van der Waals surface area contributed by atoms with Crippen LogP contribution in [0.2, 0.25) is 0 Å². The Bertz CT molecular complexity index is 3050. The fraction of sp³-hybridized carbons (Fsp3) is 0. The minimum atomic E-state index is 0.193. The fourth-order valence-corrected chi connectivity index (χ4v) is 8.35. The second-order valence-corrected chi connectivity index (χ2v) is 13.4. The van der Waals surface area contributed by atoms with Gasteiger partial charge in [-0.25, -0.2) is 0 Å². The van der Waals surface area contributed by atoms with E-state index in [-0.39, 0.29) is 16.4 Å². The standard InChI is InChI=1S/C46H23B5O/c47-41-40(42(48)44(50)45(51)43(41)49)39-30-17-7-5-15-28(30)37(29-16-6-8-18-31(29)39)33-20-10-22-36-38(33)34-21-9-19-32(46(34)52-36)35-23-24-11-1-2-12-25(24)26-13-3-4-14-27(26)35/h1-23H. The van der Waals surface area contributed by atoms with E-state index in [9.17, 15) is 0 Å². The molecule has 0 aliphatic rings. The highest BCUT2D eigenvalue weighted by molar-refractivity contribution is 6.69. The van der Waals surface area contributed by atoms with Gasteiger partial charge in [0, 0.05) is 16.3 Å². The molecule has 10 radical (unpaired) electrons. The lowest BCUT2D eigenvalue weighted by Gasteiger charge is -2.25. The number of benzene rings is 9. The van der Waals surface area contributed by atoms with Crippen LogP contribution in [0.4, 0.5) is 0 Å². The molecule has 0 aliphatic carbocycles. The lowest BCUT2D eigenvalue weighted by Crippen LogP contribution is -2.55. The molecule has 0 bridgehead atoms. The summed E-state index contributed by atoms with van der Waals surface area (Å²) in [6, 6.07) is 48.9. The summed E-state index contributed by atoms with van der Waals surface area (Å²) in [6.07, 6.45) is 0. The van der Waals surface area contributed by atoms with E-state index in [0.717, 1.165) is 71.3 Å². The number of rotatable bonds is 3. The number of fused-ring (bicyclic) bond motifs is 8. The van der Waals surface area contributed by atoms with Gasteiger partial charge in [0.25, 0.3) is 0 Å². The van der Waals surface area contributed by atoms with Crippen LogP contribution in [0.5, 0.6) is 0 Å². The van der Waals surface area contributed by atoms with Gasteiger partial charge in [-0.05, 0) is 83.0 Å². The molecule has 0 saturated heterocycles. The Kier molecular flexibility index (Phi) is 6.89. The molecule has 1 nitrogen and oxygen atoms in total. The van der Waals surface area contributed by atoms with Gasteiger partial charge in [0.15, 0.2) is 0 Å². The molecule has 0 aliphatic heterocycles. The normalized spacial score (nSPS) is 11.8.